The molecule has 5 nitrogen and oxygen atoms in total. The SMILES string of the molecule is Cn1ccnc1C(=NO)c1cc(C(C)(C)C)c(O)c(C(C)(C)C)c1. The van der Waals surface area contributed by atoms with Gasteiger partial charge >= 0.3 is 0 Å². The van der Waals surface area contributed by atoms with E-state index in [0.717, 1.165) is 16.7 Å². The van der Waals surface area contributed by atoms with Crippen LogP contribution in [0.3, 0.4) is 0 Å². The van der Waals surface area contributed by atoms with E-state index in [2.05, 4.69) is 51.7 Å². The molecule has 0 fully saturated rings. The molecule has 5 heteroatoms. The number of hydrogen-bond donors (Lipinski definition) is 2. The fourth-order valence-corrected chi connectivity index (χ4v) is 2.74. The van der Waals surface area contributed by atoms with Gasteiger partial charge in [0.05, 0.1) is 0 Å². The predicted molar refractivity (Wildman–Crippen MR) is 96.1 cm³/mol. The highest BCUT2D eigenvalue weighted by Gasteiger charge is 2.28. The number of phenolic OH excluding ortho intramolecular Hbond substituents is 1. The standard InChI is InChI=1S/C19H27N3O2/c1-18(2,3)13-10-12(11-14(16(13)23)19(4,5)6)15(21-24)17-20-8-9-22(17)7/h8-11,23-24H,1-7H3. The zero-order valence-corrected chi connectivity index (χ0v) is 15.5. The topological polar surface area (TPSA) is 70.6 Å². The number of imidazole rings is 1. The predicted octanol–water partition coefficient (Wildman–Crippen LogP) is 3.95. The normalized spacial score (nSPS) is 13.4. The molecule has 0 aliphatic carbocycles. The first-order valence-corrected chi connectivity index (χ1v) is 8.05. The van der Waals surface area contributed by atoms with Crippen LogP contribution in [0.25, 0.3) is 0 Å². The summed E-state index contributed by atoms with van der Waals surface area (Å²) in [5.41, 5.74) is 2.27. The Bertz CT molecular complexity index is 740. The van der Waals surface area contributed by atoms with Gasteiger partial charge < -0.3 is 14.9 Å². The summed E-state index contributed by atoms with van der Waals surface area (Å²) in [6, 6.07) is 3.77. The fourth-order valence-electron chi connectivity index (χ4n) is 2.74. The van der Waals surface area contributed by atoms with Crippen LogP contribution in [0, 0.1) is 0 Å². The minimum absolute atomic E-state index is 0.248. The lowest BCUT2D eigenvalue weighted by Crippen LogP contribution is -2.20. The Morgan fingerprint density at radius 2 is 1.54 bits per heavy atom. The average Bonchev–Trinajstić information content (AvgIpc) is 2.85. The summed E-state index contributed by atoms with van der Waals surface area (Å²) in [4.78, 5) is 4.28. The maximum atomic E-state index is 10.8. The van der Waals surface area contributed by atoms with Gasteiger partial charge in [0.2, 0.25) is 0 Å². The summed E-state index contributed by atoms with van der Waals surface area (Å²) in [7, 11) is 1.85. The lowest BCUT2D eigenvalue weighted by molar-refractivity contribution is 0.319. The Balaban J connectivity index is 2.78. The van der Waals surface area contributed by atoms with Gasteiger partial charge in [-0.05, 0) is 23.0 Å². The Morgan fingerprint density at radius 1 is 1.04 bits per heavy atom. The van der Waals surface area contributed by atoms with E-state index >= 15 is 0 Å². The molecule has 0 aliphatic rings. The highest BCUT2D eigenvalue weighted by atomic mass is 16.4. The van der Waals surface area contributed by atoms with Crippen LogP contribution in [-0.4, -0.2) is 25.6 Å². The molecule has 0 atom stereocenters. The summed E-state index contributed by atoms with van der Waals surface area (Å²) in [5, 5.41) is 23.9. The largest absolute Gasteiger partial charge is 0.507 e. The summed E-state index contributed by atoms with van der Waals surface area (Å²) in [6.07, 6.45) is 3.46. The minimum Gasteiger partial charge on any atom is -0.507 e. The summed E-state index contributed by atoms with van der Waals surface area (Å²) >= 11 is 0. The number of rotatable bonds is 2. The molecule has 1 aromatic heterocycles. The summed E-state index contributed by atoms with van der Waals surface area (Å²) in [5.74, 6) is 0.874. The van der Waals surface area contributed by atoms with Gasteiger partial charge in [0.25, 0.3) is 0 Å². The quantitative estimate of drug-likeness (QED) is 0.498. The number of aromatic nitrogens is 2. The first-order chi connectivity index (χ1) is 11.0. The third-order valence-corrected chi connectivity index (χ3v) is 4.13. The first-order valence-electron chi connectivity index (χ1n) is 8.05. The third kappa shape index (κ3) is 3.30. The van der Waals surface area contributed by atoms with Crippen LogP contribution in [0.4, 0.5) is 0 Å². The number of nitrogens with zero attached hydrogens (tertiary/aromatic N) is 3. The number of hydrogen-bond acceptors (Lipinski definition) is 4. The van der Waals surface area contributed by atoms with Crippen molar-refractivity contribution >= 4 is 5.71 Å². The molecule has 1 heterocycles. The van der Waals surface area contributed by atoms with Gasteiger partial charge in [-0.3, -0.25) is 0 Å². The molecular weight excluding hydrogens is 302 g/mol. The van der Waals surface area contributed by atoms with Gasteiger partial charge in [0.1, 0.15) is 5.75 Å². The lowest BCUT2D eigenvalue weighted by Gasteiger charge is -2.28. The molecule has 0 bridgehead atoms. The van der Waals surface area contributed by atoms with Gasteiger partial charge in [-0.2, -0.15) is 0 Å². The third-order valence-electron chi connectivity index (χ3n) is 4.13. The highest BCUT2D eigenvalue weighted by Crippen LogP contribution is 2.40. The minimum atomic E-state index is -0.248. The number of aryl methyl sites for hydroxylation is 1. The molecule has 0 amide bonds. The van der Waals surface area contributed by atoms with Crippen LogP contribution in [0.15, 0.2) is 29.7 Å². The zero-order chi connectivity index (χ0) is 18.3. The van der Waals surface area contributed by atoms with Crippen molar-refractivity contribution in [1.82, 2.24) is 9.55 Å². The van der Waals surface area contributed by atoms with Crippen LogP contribution >= 0.6 is 0 Å². The molecule has 24 heavy (non-hydrogen) atoms. The molecule has 2 aromatic rings. The molecule has 1 aromatic carbocycles. The monoisotopic (exact) mass is 329 g/mol. The van der Waals surface area contributed by atoms with Crippen molar-refractivity contribution in [2.45, 2.75) is 52.4 Å². The number of benzene rings is 1. The first kappa shape index (κ1) is 18.0. The molecular formula is C19H27N3O2. The van der Waals surface area contributed by atoms with Crippen LogP contribution in [0.2, 0.25) is 0 Å². The smallest absolute Gasteiger partial charge is 0.162 e. The van der Waals surface area contributed by atoms with Gasteiger partial charge in [0.15, 0.2) is 11.5 Å². The summed E-state index contributed by atoms with van der Waals surface area (Å²) < 4.78 is 1.80. The van der Waals surface area contributed by atoms with Crippen molar-refractivity contribution in [3.8, 4) is 5.75 Å². The van der Waals surface area contributed by atoms with Crippen molar-refractivity contribution in [1.29, 1.82) is 0 Å². The molecule has 0 radical (unpaired) electrons. The lowest BCUT2D eigenvalue weighted by atomic mass is 9.78. The average molecular weight is 329 g/mol. The van der Waals surface area contributed by atoms with Gasteiger partial charge in [-0.1, -0.05) is 46.7 Å². The van der Waals surface area contributed by atoms with Gasteiger partial charge in [0, 0.05) is 36.1 Å². The molecule has 130 valence electrons. The molecule has 2 rings (SSSR count). The van der Waals surface area contributed by atoms with Crippen LogP contribution in [-0.2, 0) is 17.9 Å². The number of phenols is 1. The molecule has 2 N–H and O–H groups in total. The van der Waals surface area contributed by atoms with Crippen molar-refractivity contribution in [2.24, 2.45) is 12.2 Å². The highest BCUT2D eigenvalue weighted by molar-refractivity contribution is 6.10. The Labute approximate surface area is 143 Å². The maximum absolute atomic E-state index is 10.8. The van der Waals surface area contributed by atoms with Crippen molar-refractivity contribution in [3.05, 3.63) is 47.0 Å². The Morgan fingerprint density at radius 3 is 1.88 bits per heavy atom. The molecule has 0 saturated carbocycles. The zero-order valence-electron chi connectivity index (χ0n) is 15.5. The van der Waals surface area contributed by atoms with Crippen LogP contribution in [0.1, 0.15) is 64.1 Å². The van der Waals surface area contributed by atoms with Crippen molar-refractivity contribution in [3.63, 3.8) is 0 Å². The van der Waals surface area contributed by atoms with Crippen molar-refractivity contribution in [2.75, 3.05) is 0 Å². The van der Waals surface area contributed by atoms with E-state index in [4.69, 9.17) is 0 Å². The van der Waals surface area contributed by atoms with E-state index in [-0.39, 0.29) is 10.8 Å². The number of aromatic hydroxyl groups is 1. The van der Waals surface area contributed by atoms with Crippen molar-refractivity contribution < 1.29 is 10.3 Å². The Kier molecular flexibility index (Phi) is 4.48. The van der Waals surface area contributed by atoms with Crippen LogP contribution < -0.4 is 0 Å². The van der Waals surface area contributed by atoms with E-state index in [1.807, 2.05) is 19.2 Å². The second-order valence-electron chi connectivity index (χ2n) is 8.23. The van der Waals surface area contributed by atoms with Gasteiger partial charge in [-0.25, -0.2) is 4.98 Å². The van der Waals surface area contributed by atoms with E-state index in [9.17, 15) is 10.3 Å². The van der Waals surface area contributed by atoms with Gasteiger partial charge in [-0.15, -0.1) is 0 Å². The maximum Gasteiger partial charge on any atom is 0.162 e. The van der Waals surface area contributed by atoms with E-state index < -0.39 is 0 Å². The second-order valence-corrected chi connectivity index (χ2v) is 8.23. The van der Waals surface area contributed by atoms with E-state index in [1.54, 1.807) is 17.0 Å². The molecule has 0 saturated heterocycles. The molecule has 0 unspecified atom stereocenters. The molecule has 0 spiro atoms. The van der Waals surface area contributed by atoms with E-state index in [0.29, 0.717) is 17.3 Å². The number of oxime groups is 1. The second kappa shape index (κ2) is 5.96. The summed E-state index contributed by atoms with van der Waals surface area (Å²) in [6.45, 7) is 12.3. The van der Waals surface area contributed by atoms with Crippen LogP contribution in [0.5, 0.6) is 5.75 Å². The fraction of sp³-hybridized carbons (Fsp3) is 0.474. The van der Waals surface area contributed by atoms with E-state index in [1.165, 1.54) is 0 Å². The molecule has 0 aliphatic heterocycles. The Hall–Kier alpha value is -2.30.